The van der Waals surface area contributed by atoms with Gasteiger partial charge < -0.3 is 30.3 Å². The molecule has 0 radical (unpaired) electrons. The van der Waals surface area contributed by atoms with Crippen molar-refractivity contribution < 1.29 is 38.5 Å². The summed E-state index contributed by atoms with van der Waals surface area (Å²) in [5, 5.41) is 32.9. The summed E-state index contributed by atoms with van der Waals surface area (Å²) in [6, 6.07) is 8.06. The molecule has 1 saturated heterocycles. The summed E-state index contributed by atoms with van der Waals surface area (Å²) in [6.07, 6.45) is -4.22. The number of hydrogen-bond acceptors (Lipinski definition) is 10. The van der Waals surface area contributed by atoms with Crippen LogP contribution >= 0.6 is 7.75 Å². The number of nitrogens with zero attached hydrogens (tertiary/aromatic N) is 2. The van der Waals surface area contributed by atoms with Crippen LogP contribution < -0.4 is 21.0 Å². The number of aromatic nitrogens is 2. The molecule has 1 aliphatic heterocycles. The molecular formula is C21H29N4O9P. The summed E-state index contributed by atoms with van der Waals surface area (Å²) in [4.78, 5) is 27.4. The van der Waals surface area contributed by atoms with E-state index in [0.717, 1.165) is 4.57 Å². The molecule has 2 heterocycles. The maximum absolute atomic E-state index is 13.6. The highest BCUT2D eigenvalue weighted by Gasteiger charge is 2.46. The Hall–Kier alpha value is -2.80. The van der Waals surface area contributed by atoms with Gasteiger partial charge in [0.25, 0.3) is 0 Å². The highest BCUT2D eigenvalue weighted by Crippen LogP contribution is 2.46. The summed E-state index contributed by atoms with van der Waals surface area (Å²) in [7, 11) is -4.31. The third-order valence-corrected chi connectivity index (χ3v) is 6.73. The number of nitrogen functional groups attached to an aromatic ring is 1. The number of aliphatic hydroxyl groups is 2. The molecule has 3 rings (SSSR count). The lowest BCUT2D eigenvalue weighted by Gasteiger charge is -2.25. The Morgan fingerprint density at radius 3 is 2.54 bits per heavy atom. The number of carboxylic acids is 1. The van der Waals surface area contributed by atoms with E-state index in [-0.39, 0.29) is 23.9 Å². The molecule has 35 heavy (non-hydrogen) atoms. The molecule has 1 aliphatic rings. The van der Waals surface area contributed by atoms with Crippen molar-refractivity contribution in [1.82, 2.24) is 14.6 Å². The van der Waals surface area contributed by atoms with Crippen LogP contribution in [0.5, 0.6) is 5.75 Å². The van der Waals surface area contributed by atoms with Crippen LogP contribution in [-0.4, -0.2) is 61.8 Å². The van der Waals surface area contributed by atoms with Crippen LogP contribution in [0.25, 0.3) is 0 Å². The fourth-order valence-corrected chi connectivity index (χ4v) is 4.99. The van der Waals surface area contributed by atoms with Crippen molar-refractivity contribution in [3.8, 4) is 5.75 Å². The van der Waals surface area contributed by atoms with Crippen LogP contribution in [0.2, 0.25) is 0 Å². The van der Waals surface area contributed by atoms with E-state index < -0.39 is 56.6 Å². The molecule has 2 aromatic rings. The lowest BCUT2D eigenvalue weighted by atomic mass is 10.1. The van der Waals surface area contributed by atoms with Crippen molar-refractivity contribution in [2.24, 2.45) is 5.92 Å². The molecule has 1 aromatic heterocycles. The Morgan fingerprint density at radius 2 is 1.94 bits per heavy atom. The third-order valence-electron chi connectivity index (χ3n) is 5.16. The molecule has 0 bridgehead atoms. The Labute approximate surface area is 201 Å². The predicted molar refractivity (Wildman–Crippen MR) is 123 cm³/mol. The second-order valence-corrected chi connectivity index (χ2v) is 10.1. The number of benzene rings is 1. The first-order valence-corrected chi connectivity index (χ1v) is 12.4. The zero-order valence-corrected chi connectivity index (χ0v) is 20.0. The highest BCUT2D eigenvalue weighted by molar-refractivity contribution is 7.52. The molecule has 13 nitrogen and oxygen atoms in total. The predicted octanol–water partition coefficient (Wildman–Crippen LogP) is 0.737. The number of ether oxygens (including phenoxy) is 1. The fraction of sp³-hybridized carbons (Fsp3) is 0.476. The second-order valence-electron chi connectivity index (χ2n) is 8.44. The van der Waals surface area contributed by atoms with E-state index in [2.05, 4.69) is 10.1 Å². The number of aliphatic carboxylic acids is 1. The Balaban J connectivity index is 1.78. The van der Waals surface area contributed by atoms with Gasteiger partial charge in [0.1, 0.15) is 35.9 Å². The SMILES string of the molecule is CC(C)C[C@H](NP(=O)(OC[C@H]1O[C@@H](n2ccc(N)nc2=O)[C@H](O)[C@@H]1O)Oc1ccccc1)C(=O)O. The number of carboxylic acid groups (broad SMARTS) is 1. The van der Waals surface area contributed by atoms with Crippen molar-refractivity contribution in [3.05, 3.63) is 53.1 Å². The first-order chi connectivity index (χ1) is 16.5. The summed E-state index contributed by atoms with van der Waals surface area (Å²) in [5.41, 5.74) is 4.67. The van der Waals surface area contributed by atoms with Crippen molar-refractivity contribution in [1.29, 1.82) is 0 Å². The van der Waals surface area contributed by atoms with E-state index in [1.165, 1.54) is 24.4 Å². The lowest BCUT2D eigenvalue weighted by Crippen LogP contribution is -2.39. The van der Waals surface area contributed by atoms with Gasteiger partial charge in [-0.25, -0.2) is 9.36 Å². The molecule has 0 saturated carbocycles. The molecule has 6 atom stereocenters. The Morgan fingerprint density at radius 1 is 1.26 bits per heavy atom. The maximum atomic E-state index is 13.6. The molecule has 1 unspecified atom stereocenters. The summed E-state index contributed by atoms with van der Waals surface area (Å²) in [6.45, 7) is 3.05. The molecule has 14 heteroatoms. The number of nitrogens with two attached hydrogens (primary N) is 1. The van der Waals surface area contributed by atoms with Gasteiger partial charge in [-0.1, -0.05) is 32.0 Å². The second kappa shape index (κ2) is 11.3. The normalized spacial score (nSPS) is 24.7. The summed E-state index contributed by atoms with van der Waals surface area (Å²) >= 11 is 0. The first-order valence-electron chi connectivity index (χ1n) is 10.8. The van der Waals surface area contributed by atoms with Gasteiger partial charge in [-0.05, 0) is 30.5 Å². The van der Waals surface area contributed by atoms with Crippen LogP contribution in [0.3, 0.4) is 0 Å². The number of nitrogens with one attached hydrogen (secondary N) is 1. The Bertz CT molecular complexity index is 1110. The standard InChI is InChI=1S/C21H29N4O9P/c1-12(2)10-14(20(28)29)24-35(31,34-13-6-4-3-5-7-13)32-11-15-17(26)18(27)19(33-15)25-9-8-16(22)23-21(25)30/h3-9,12,14-15,17-19,26-27H,10-11H2,1-2H3,(H,24,31)(H,28,29)(H2,22,23,30)/t14-,15+,17+,18+,19+,35?/m0/s1. The van der Waals surface area contributed by atoms with E-state index in [4.69, 9.17) is 19.5 Å². The molecule has 1 fully saturated rings. The number of aliphatic hydroxyl groups excluding tert-OH is 2. The van der Waals surface area contributed by atoms with Gasteiger partial charge >= 0.3 is 19.4 Å². The smallest absolute Gasteiger partial charge is 0.459 e. The van der Waals surface area contributed by atoms with Gasteiger partial charge in [0.15, 0.2) is 6.23 Å². The van der Waals surface area contributed by atoms with E-state index in [0.29, 0.717) is 0 Å². The quantitative estimate of drug-likeness (QED) is 0.265. The van der Waals surface area contributed by atoms with Gasteiger partial charge in [-0.15, -0.1) is 0 Å². The molecule has 0 amide bonds. The minimum Gasteiger partial charge on any atom is -0.480 e. The van der Waals surface area contributed by atoms with Gasteiger partial charge in [-0.2, -0.15) is 10.1 Å². The number of carbonyl (C=O) groups is 1. The first kappa shape index (κ1) is 26.8. The van der Waals surface area contributed by atoms with Gasteiger partial charge in [-0.3, -0.25) is 13.9 Å². The number of anilines is 1. The van der Waals surface area contributed by atoms with Crippen molar-refractivity contribution in [2.45, 2.75) is 50.8 Å². The fourth-order valence-electron chi connectivity index (χ4n) is 3.47. The van der Waals surface area contributed by atoms with Crippen LogP contribution in [0.1, 0.15) is 26.5 Å². The lowest BCUT2D eigenvalue weighted by molar-refractivity contribution is -0.139. The minimum atomic E-state index is -4.31. The highest BCUT2D eigenvalue weighted by atomic mass is 31.2. The molecule has 192 valence electrons. The molecule has 1 aromatic carbocycles. The topological polar surface area (TPSA) is 195 Å². The zero-order valence-electron chi connectivity index (χ0n) is 19.1. The zero-order chi connectivity index (χ0) is 25.8. The molecule has 6 N–H and O–H groups in total. The Kier molecular flexibility index (Phi) is 8.65. The van der Waals surface area contributed by atoms with Gasteiger partial charge in [0.05, 0.1) is 6.61 Å². The van der Waals surface area contributed by atoms with Crippen molar-refractivity contribution >= 4 is 19.5 Å². The molecular weight excluding hydrogens is 483 g/mol. The van der Waals surface area contributed by atoms with Crippen LogP contribution in [0.15, 0.2) is 47.4 Å². The molecule has 0 aliphatic carbocycles. The van der Waals surface area contributed by atoms with E-state index in [1.54, 1.807) is 32.0 Å². The van der Waals surface area contributed by atoms with Crippen LogP contribution in [0.4, 0.5) is 5.82 Å². The average Bonchev–Trinajstić information content (AvgIpc) is 3.06. The summed E-state index contributed by atoms with van der Waals surface area (Å²) < 4.78 is 31.1. The van der Waals surface area contributed by atoms with E-state index in [1.807, 2.05) is 0 Å². The molecule has 0 spiro atoms. The van der Waals surface area contributed by atoms with Gasteiger partial charge in [0, 0.05) is 6.20 Å². The van der Waals surface area contributed by atoms with Crippen molar-refractivity contribution in [2.75, 3.05) is 12.3 Å². The van der Waals surface area contributed by atoms with E-state index >= 15 is 0 Å². The third kappa shape index (κ3) is 6.88. The monoisotopic (exact) mass is 512 g/mol. The van der Waals surface area contributed by atoms with Crippen molar-refractivity contribution in [3.63, 3.8) is 0 Å². The number of hydrogen-bond donors (Lipinski definition) is 5. The average molecular weight is 512 g/mol. The van der Waals surface area contributed by atoms with E-state index in [9.17, 15) is 29.5 Å². The minimum absolute atomic E-state index is 0.0291. The largest absolute Gasteiger partial charge is 0.480 e. The van der Waals surface area contributed by atoms with Crippen LogP contribution in [0, 0.1) is 5.92 Å². The van der Waals surface area contributed by atoms with Crippen LogP contribution in [-0.2, 0) is 18.6 Å². The number of para-hydroxylation sites is 1. The van der Waals surface area contributed by atoms with Gasteiger partial charge in [0.2, 0.25) is 0 Å². The summed E-state index contributed by atoms with van der Waals surface area (Å²) in [5.74, 6) is -1.17. The maximum Gasteiger partial charge on any atom is 0.459 e. The number of rotatable bonds is 11.